The minimum Gasteiger partial charge on any atom is -0.485 e. The monoisotopic (exact) mass is 792 g/mol. The number of nitriles is 1. The van der Waals surface area contributed by atoms with E-state index >= 15 is 0 Å². The van der Waals surface area contributed by atoms with Crippen LogP contribution in [0.2, 0.25) is 0 Å². The fourth-order valence-electron chi connectivity index (χ4n) is 6.93. The van der Waals surface area contributed by atoms with E-state index in [-0.39, 0.29) is 79.8 Å². The van der Waals surface area contributed by atoms with Gasteiger partial charge in [0.05, 0.1) is 40.7 Å². The summed E-state index contributed by atoms with van der Waals surface area (Å²) >= 11 is 0. The molecule has 1 saturated carbocycles. The molecule has 0 radical (unpaired) electrons. The highest BCUT2D eigenvalue weighted by molar-refractivity contribution is 6.24. The molecule has 1 saturated heterocycles. The Labute approximate surface area is 332 Å². The minimum atomic E-state index is -1.33. The maximum atomic E-state index is 14.8. The molecule has 1 aromatic carbocycles. The lowest BCUT2D eigenvalue weighted by molar-refractivity contribution is -0.136. The predicted molar refractivity (Wildman–Crippen MR) is 204 cm³/mol. The normalized spacial score (nSPS) is 16.9. The molecule has 0 bridgehead atoms. The molecule has 17 heteroatoms. The summed E-state index contributed by atoms with van der Waals surface area (Å²) in [5.41, 5.74) is 1.97. The highest BCUT2D eigenvalue weighted by atomic mass is 19.1. The van der Waals surface area contributed by atoms with Crippen LogP contribution in [0.5, 0.6) is 5.75 Å². The number of hydrogen-bond donors (Lipinski definition) is 2. The molecule has 58 heavy (non-hydrogen) atoms. The lowest BCUT2D eigenvalue weighted by Gasteiger charge is -2.27. The number of halogens is 1. The van der Waals surface area contributed by atoms with Crippen molar-refractivity contribution in [2.45, 2.75) is 88.9 Å². The predicted octanol–water partition coefficient (Wildman–Crippen LogP) is 4.58. The van der Waals surface area contributed by atoms with E-state index in [1.807, 2.05) is 0 Å². The number of benzene rings is 1. The number of Topliss-reactive ketones (excluding diaryl/α,β-unsaturated/α-hetero) is 2. The highest BCUT2D eigenvalue weighted by Gasteiger charge is 2.46. The molecule has 2 atom stereocenters. The average Bonchev–Trinajstić information content (AvgIpc) is 3.88. The fraction of sp³-hybridized carbons (Fsp3) is 0.415. The van der Waals surface area contributed by atoms with Crippen molar-refractivity contribution in [2.75, 3.05) is 25.1 Å². The molecule has 16 nitrogen and oxygen atoms in total. The van der Waals surface area contributed by atoms with Gasteiger partial charge in [-0.25, -0.2) is 14.4 Å². The van der Waals surface area contributed by atoms with Gasteiger partial charge in [-0.15, -0.1) is 0 Å². The zero-order valence-electron chi connectivity index (χ0n) is 31.6. The van der Waals surface area contributed by atoms with Crippen molar-refractivity contribution in [3.05, 3.63) is 71.2 Å². The Morgan fingerprint density at radius 1 is 1.00 bits per heavy atom. The molecule has 0 spiro atoms. The van der Waals surface area contributed by atoms with Gasteiger partial charge in [0.2, 0.25) is 11.8 Å². The number of carbonyl (C=O) groups is 6. The molecule has 300 valence electrons. The number of amides is 4. The number of hydrogen-bond acceptors (Lipinski definition) is 13. The number of unbranched alkanes of at least 4 members (excludes halogenated alkanes) is 3. The molecule has 5 heterocycles. The number of rotatable bonds is 20. The molecule has 2 N–H and O–H groups in total. The number of ether oxygens (including phenoxy) is 2. The number of fused-ring (bicyclic) bond motifs is 2. The quantitative estimate of drug-likeness (QED) is 0.0713. The Kier molecular flexibility index (Phi) is 12.2. The van der Waals surface area contributed by atoms with Gasteiger partial charge in [0.25, 0.3) is 11.8 Å². The topological polar surface area (TPSA) is 216 Å². The highest BCUT2D eigenvalue weighted by Crippen LogP contribution is 2.34. The third kappa shape index (κ3) is 9.07. The van der Waals surface area contributed by atoms with Gasteiger partial charge in [-0.1, -0.05) is 18.9 Å². The first kappa shape index (κ1) is 39.8. The number of piperidine rings is 1. The van der Waals surface area contributed by atoms with E-state index < -0.39 is 35.8 Å². The first-order valence-electron chi connectivity index (χ1n) is 19.4. The molecule has 2 unspecified atom stereocenters. The van der Waals surface area contributed by atoms with Crippen LogP contribution >= 0.6 is 0 Å². The van der Waals surface area contributed by atoms with E-state index in [2.05, 4.69) is 31.8 Å². The number of imide groups is 2. The molecule has 3 aliphatic rings. The zero-order valence-corrected chi connectivity index (χ0v) is 31.6. The molecule has 7 rings (SSSR count). The largest absolute Gasteiger partial charge is 0.485 e. The summed E-state index contributed by atoms with van der Waals surface area (Å²) in [5.74, 6) is -2.44. The Bertz CT molecular complexity index is 2320. The van der Waals surface area contributed by atoms with Crippen molar-refractivity contribution in [1.82, 2.24) is 30.0 Å². The Hall–Kier alpha value is -6.41. The molecular formula is C41H41FN8O8. The molecule has 3 aromatic heterocycles. The summed E-state index contributed by atoms with van der Waals surface area (Å²) in [4.78, 5) is 85.5. The minimum absolute atomic E-state index is 0.00305. The molecule has 4 aromatic rings. The van der Waals surface area contributed by atoms with E-state index in [1.54, 1.807) is 23.0 Å². The van der Waals surface area contributed by atoms with Crippen molar-refractivity contribution in [2.24, 2.45) is 0 Å². The number of pyridine rings is 2. The molecule has 1 aliphatic carbocycles. The second kappa shape index (κ2) is 17.8. The van der Waals surface area contributed by atoms with Crippen LogP contribution in [0.15, 0.2) is 48.9 Å². The number of carbonyl (C=O) groups excluding carboxylic acids is 6. The van der Waals surface area contributed by atoms with E-state index in [4.69, 9.17) is 9.47 Å². The summed E-state index contributed by atoms with van der Waals surface area (Å²) in [5, 5.41) is 19.8. The van der Waals surface area contributed by atoms with E-state index in [1.165, 1.54) is 30.6 Å². The van der Waals surface area contributed by atoms with Crippen LogP contribution in [0.3, 0.4) is 0 Å². The van der Waals surface area contributed by atoms with Crippen LogP contribution in [0.4, 0.5) is 10.1 Å². The summed E-state index contributed by atoms with van der Waals surface area (Å²) < 4.78 is 27.5. The SMILES string of the molecule is N#Cc1cnc2c(cnn2-c2cc(NC3CC3)c(C(=O)CCC(F)COCCCCCCC(=O)COc3cccc4c3C(=O)N(C3CCC(=O)NC3=O)C4=O)cn2)c1. The number of nitrogens with one attached hydrogen (secondary N) is 2. The second-order valence-corrected chi connectivity index (χ2v) is 14.6. The van der Waals surface area contributed by atoms with Gasteiger partial charge in [0.15, 0.2) is 23.0 Å². The Morgan fingerprint density at radius 3 is 2.62 bits per heavy atom. The number of aromatic nitrogens is 4. The van der Waals surface area contributed by atoms with Crippen LogP contribution in [0.1, 0.15) is 107 Å². The van der Waals surface area contributed by atoms with Crippen LogP contribution < -0.4 is 15.4 Å². The van der Waals surface area contributed by atoms with Gasteiger partial charge in [0, 0.05) is 55.8 Å². The van der Waals surface area contributed by atoms with Gasteiger partial charge in [-0.05, 0) is 56.7 Å². The number of nitrogens with zero attached hydrogens (tertiary/aromatic N) is 6. The smallest absolute Gasteiger partial charge is 0.266 e. The van der Waals surface area contributed by atoms with Gasteiger partial charge >= 0.3 is 0 Å². The molecular weight excluding hydrogens is 751 g/mol. The van der Waals surface area contributed by atoms with Gasteiger partial charge in [0.1, 0.15) is 30.6 Å². The van der Waals surface area contributed by atoms with Crippen molar-refractivity contribution in [3.63, 3.8) is 0 Å². The lowest BCUT2D eigenvalue weighted by atomic mass is 10.0. The second-order valence-electron chi connectivity index (χ2n) is 14.6. The van der Waals surface area contributed by atoms with Crippen molar-refractivity contribution < 1.29 is 42.6 Å². The Morgan fingerprint density at radius 2 is 1.83 bits per heavy atom. The Balaban J connectivity index is 0.787. The number of alkyl halides is 1. The number of anilines is 1. The van der Waals surface area contributed by atoms with Crippen LogP contribution in [-0.2, 0) is 19.1 Å². The lowest BCUT2D eigenvalue weighted by Crippen LogP contribution is -2.54. The summed E-state index contributed by atoms with van der Waals surface area (Å²) in [6.45, 7) is -0.0995. The van der Waals surface area contributed by atoms with Gasteiger partial charge in [-0.2, -0.15) is 15.0 Å². The van der Waals surface area contributed by atoms with Crippen LogP contribution in [0, 0.1) is 11.3 Å². The molecule has 4 amide bonds. The van der Waals surface area contributed by atoms with Gasteiger partial charge < -0.3 is 14.8 Å². The molecule has 2 aliphatic heterocycles. The van der Waals surface area contributed by atoms with E-state index in [0.717, 1.165) is 30.6 Å². The maximum Gasteiger partial charge on any atom is 0.266 e. The first-order chi connectivity index (χ1) is 28.1. The van der Waals surface area contributed by atoms with E-state index in [0.29, 0.717) is 53.1 Å². The van der Waals surface area contributed by atoms with Gasteiger partial charge in [-0.3, -0.25) is 39.0 Å². The van der Waals surface area contributed by atoms with E-state index in [9.17, 15) is 38.4 Å². The first-order valence-corrected chi connectivity index (χ1v) is 19.4. The third-order valence-electron chi connectivity index (χ3n) is 10.2. The standard InChI is InChI=1S/C41H41FN8O8/c42-26(9-13-33(52)30-21-44-35(17-31(30)47-27-10-11-27)50-38-25(20-46-50)16-24(18-43)19-45-38)22-57-15-4-2-1-3-6-28(51)23-58-34-8-5-7-29-37(34)41(56)49(40(29)55)32-12-14-36(53)48-39(32)54/h5,7-8,16-17,19-21,26-27,32H,1-4,6,9-15,22-23H2,(H,44,47)(H,48,53,54). The van der Waals surface area contributed by atoms with Crippen molar-refractivity contribution in [1.29, 1.82) is 5.26 Å². The maximum absolute atomic E-state index is 14.8. The summed E-state index contributed by atoms with van der Waals surface area (Å²) in [6.07, 6.45) is 8.17. The summed E-state index contributed by atoms with van der Waals surface area (Å²) in [7, 11) is 0. The van der Waals surface area contributed by atoms with Crippen molar-refractivity contribution >= 4 is 51.9 Å². The summed E-state index contributed by atoms with van der Waals surface area (Å²) in [6, 6.07) is 9.10. The number of ketones is 2. The fourth-order valence-corrected chi connectivity index (χ4v) is 6.93. The van der Waals surface area contributed by atoms with Crippen LogP contribution in [0.25, 0.3) is 16.9 Å². The van der Waals surface area contributed by atoms with Crippen molar-refractivity contribution in [3.8, 4) is 17.6 Å². The third-order valence-corrected chi connectivity index (χ3v) is 10.2. The van der Waals surface area contributed by atoms with Crippen LogP contribution in [-0.4, -0.2) is 97.9 Å². The molecule has 2 fully saturated rings. The average molecular weight is 793 g/mol. The zero-order chi connectivity index (χ0) is 40.8.